The van der Waals surface area contributed by atoms with E-state index in [2.05, 4.69) is 41.4 Å². The number of nitrogens with zero attached hydrogens (tertiary/aromatic N) is 6. The van der Waals surface area contributed by atoms with E-state index in [1.165, 1.54) is 35.8 Å². The van der Waals surface area contributed by atoms with Gasteiger partial charge in [-0.15, -0.1) is 4.80 Å². The molecule has 0 bridgehead atoms. The number of aromatic nitrogens is 4. The van der Waals surface area contributed by atoms with Gasteiger partial charge in [-0.05, 0) is 15.9 Å². The van der Waals surface area contributed by atoms with Gasteiger partial charge in [-0.1, -0.05) is 11.6 Å². The van der Waals surface area contributed by atoms with E-state index in [0.29, 0.717) is 10.9 Å². The lowest BCUT2D eigenvalue weighted by molar-refractivity contribution is -0.193. The lowest BCUT2D eigenvalue weighted by Gasteiger charge is -2.36. The Hall–Kier alpha value is -2.67. The number of aliphatic imine (C=N–C) groups is 1. The number of carbonyl (C=O) groups excluding carboxylic acids is 1. The van der Waals surface area contributed by atoms with E-state index in [1.54, 1.807) is 0 Å². The lowest BCUT2D eigenvalue weighted by atomic mass is 10.1. The fourth-order valence-electron chi connectivity index (χ4n) is 2.91. The Labute approximate surface area is 180 Å². The SMILES string of the molecule is O=C(N[C@H]1C=NC(n2nccn2)=C(Cl)C1)N1C[C@@H](C(F)(F)F)Oc2c(Br)cncc21. The van der Waals surface area contributed by atoms with E-state index in [4.69, 9.17) is 16.3 Å². The minimum Gasteiger partial charge on any atom is -0.476 e. The number of hydrogen-bond acceptors (Lipinski definition) is 6. The van der Waals surface area contributed by atoms with E-state index in [-0.39, 0.29) is 22.3 Å². The highest BCUT2D eigenvalue weighted by Gasteiger charge is 2.47. The average Bonchev–Trinajstić information content (AvgIpc) is 3.21. The van der Waals surface area contributed by atoms with Gasteiger partial charge in [0.15, 0.2) is 11.6 Å². The Morgan fingerprint density at radius 2 is 2.03 bits per heavy atom. The molecule has 0 fully saturated rings. The first-order chi connectivity index (χ1) is 14.2. The molecule has 1 N–H and O–H groups in total. The molecule has 0 unspecified atom stereocenters. The topological polar surface area (TPSA) is 97.5 Å². The molecule has 158 valence electrons. The van der Waals surface area contributed by atoms with Crippen molar-refractivity contribution in [3.8, 4) is 5.75 Å². The second-order valence-electron chi connectivity index (χ2n) is 6.31. The first-order valence-electron chi connectivity index (χ1n) is 8.48. The highest BCUT2D eigenvalue weighted by Crippen LogP contribution is 2.41. The number of fused-ring (bicyclic) bond motifs is 1. The number of nitrogens with one attached hydrogen (secondary N) is 1. The van der Waals surface area contributed by atoms with Crippen molar-refractivity contribution in [3.05, 3.63) is 34.3 Å². The third kappa shape index (κ3) is 3.99. The van der Waals surface area contributed by atoms with E-state index in [9.17, 15) is 18.0 Å². The number of amides is 2. The molecule has 2 atom stereocenters. The molecule has 2 aromatic heterocycles. The zero-order valence-corrected chi connectivity index (χ0v) is 17.2. The van der Waals surface area contributed by atoms with Gasteiger partial charge in [0.25, 0.3) is 0 Å². The van der Waals surface area contributed by atoms with Gasteiger partial charge in [0.1, 0.15) is 5.69 Å². The van der Waals surface area contributed by atoms with Crippen LogP contribution in [0.4, 0.5) is 23.7 Å². The molecule has 0 spiro atoms. The Morgan fingerprint density at radius 3 is 2.70 bits per heavy atom. The van der Waals surface area contributed by atoms with Gasteiger partial charge in [-0.25, -0.2) is 9.79 Å². The van der Waals surface area contributed by atoms with Crippen molar-refractivity contribution >= 4 is 51.3 Å². The first kappa shape index (κ1) is 20.6. The summed E-state index contributed by atoms with van der Waals surface area (Å²) < 4.78 is 45.2. The Kier molecular flexibility index (Phi) is 5.40. The van der Waals surface area contributed by atoms with Gasteiger partial charge in [-0.2, -0.15) is 23.4 Å². The van der Waals surface area contributed by atoms with Gasteiger partial charge in [0.2, 0.25) is 6.10 Å². The number of halogens is 5. The fraction of sp³-hybridized carbons (Fsp3) is 0.312. The second-order valence-corrected chi connectivity index (χ2v) is 7.62. The smallest absolute Gasteiger partial charge is 0.427 e. The predicted octanol–water partition coefficient (Wildman–Crippen LogP) is 3.18. The molecule has 2 aliphatic rings. The van der Waals surface area contributed by atoms with Crippen LogP contribution in [0.15, 0.2) is 39.3 Å². The van der Waals surface area contributed by atoms with Crippen molar-refractivity contribution < 1.29 is 22.7 Å². The monoisotopic (exact) mass is 505 g/mol. The highest BCUT2D eigenvalue weighted by molar-refractivity contribution is 9.10. The molecule has 2 aliphatic heterocycles. The Morgan fingerprint density at radius 1 is 1.30 bits per heavy atom. The summed E-state index contributed by atoms with van der Waals surface area (Å²) in [5, 5.41) is 10.8. The maximum Gasteiger partial charge on any atom is 0.427 e. The molecule has 0 aliphatic carbocycles. The Balaban J connectivity index is 1.54. The molecule has 4 heterocycles. The van der Waals surface area contributed by atoms with Crippen molar-refractivity contribution in [2.24, 2.45) is 4.99 Å². The van der Waals surface area contributed by atoms with E-state index < -0.39 is 30.9 Å². The van der Waals surface area contributed by atoms with Crippen LogP contribution in [0, 0.1) is 0 Å². The van der Waals surface area contributed by atoms with Crippen LogP contribution >= 0.6 is 27.5 Å². The van der Waals surface area contributed by atoms with Crippen molar-refractivity contribution in [1.82, 2.24) is 25.3 Å². The van der Waals surface area contributed by atoms with Crippen LogP contribution < -0.4 is 15.0 Å². The number of alkyl halides is 3. The number of ether oxygens (including phenoxy) is 1. The minimum absolute atomic E-state index is 0.109. The molecule has 0 saturated heterocycles. The number of rotatable bonds is 2. The van der Waals surface area contributed by atoms with Crippen LogP contribution in [0.2, 0.25) is 0 Å². The van der Waals surface area contributed by atoms with Crippen LogP contribution in [0.3, 0.4) is 0 Å². The van der Waals surface area contributed by atoms with Gasteiger partial charge >= 0.3 is 12.2 Å². The molecular formula is C16H12BrClF3N7O2. The van der Waals surface area contributed by atoms with Crippen molar-refractivity contribution in [2.75, 3.05) is 11.4 Å². The Bertz CT molecular complexity index is 1030. The predicted molar refractivity (Wildman–Crippen MR) is 104 cm³/mol. The normalized spacial score (nSPS) is 21.3. The maximum absolute atomic E-state index is 13.3. The molecule has 4 rings (SSSR count). The zero-order chi connectivity index (χ0) is 21.5. The van der Waals surface area contributed by atoms with Crippen LogP contribution in [0.25, 0.3) is 5.82 Å². The van der Waals surface area contributed by atoms with Crippen LogP contribution in [0.5, 0.6) is 5.75 Å². The summed E-state index contributed by atoms with van der Waals surface area (Å²) >= 11 is 9.35. The molecule has 9 nitrogen and oxygen atoms in total. The molecule has 14 heteroatoms. The van der Waals surface area contributed by atoms with Gasteiger partial charge < -0.3 is 10.1 Å². The third-order valence-corrected chi connectivity index (χ3v) is 5.17. The standard InChI is InChI=1S/C16H12BrClF3N7O2/c17-9-5-22-6-11-13(9)30-12(16(19,20)21)7-27(11)15(29)26-8-3-10(18)14(23-4-8)28-24-1-2-25-28/h1-2,4-6,8,12H,3,7H2,(H,26,29)/t8-,12+/m1/s1. The summed E-state index contributed by atoms with van der Waals surface area (Å²) in [6.45, 7) is -0.726. The molecule has 0 saturated carbocycles. The van der Waals surface area contributed by atoms with E-state index in [1.807, 2.05) is 0 Å². The fourth-order valence-corrected chi connectivity index (χ4v) is 3.61. The van der Waals surface area contributed by atoms with Crippen LogP contribution in [0.1, 0.15) is 6.42 Å². The quantitative estimate of drug-likeness (QED) is 0.675. The highest BCUT2D eigenvalue weighted by atomic mass is 79.9. The summed E-state index contributed by atoms with van der Waals surface area (Å²) in [5.74, 6) is 0.185. The molecular weight excluding hydrogens is 495 g/mol. The van der Waals surface area contributed by atoms with Gasteiger partial charge in [0, 0.05) is 18.8 Å². The van der Waals surface area contributed by atoms with Crippen molar-refractivity contribution in [2.45, 2.75) is 24.7 Å². The van der Waals surface area contributed by atoms with Gasteiger partial charge in [0.05, 0.1) is 40.7 Å². The number of urea groups is 1. The van der Waals surface area contributed by atoms with Gasteiger partial charge in [-0.3, -0.25) is 9.88 Å². The van der Waals surface area contributed by atoms with Crippen molar-refractivity contribution in [3.63, 3.8) is 0 Å². The number of pyridine rings is 1. The minimum atomic E-state index is -4.66. The number of anilines is 1. The van der Waals surface area contributed by atoms with Crippen LogP contribution in [-0.2, 0) is 0 Å². The average molecular weight is 507 g/mol. The molecule has 2 aromatic rings. The van der Waals surface area contributed by atoms with Crippen molar-refractivity contribution in [1.29, 1.82) is 0 Å². The summed E-state index contributed by atoms with van der Waals surface area (Å²) in [6.07, 6.45) is 0.207. The molecule has 0 radical (unpaired) electrons. The van der Waals surface area contributed by atoms with E-state index >= 15 is 0 Å². The summed E-state index contributed by atoms with van der Waals surface area (Å²) in [7, 11) is 0. The molecule has 0 aromatic carbocycles. The maximum atomic E-state index is 13.3. The van der Waals surface area contributed by atoms with Crippen LogP contribution in [-0.4, -0.2) is 57.1 Å². The summed E-state index contributed by atoms with van der Waals surface area (Å²) in [5.41, 5.74) is 0.109. The largest absolute Gasteiger partial charge is 0.476 e. The zero-order valence-electron chi connectivity index (χ0n) is 14.8. The molecule has 2 amide bonds. The second kappa shape index (κ2) is 7.87. The summed E-state index contributed by atoms with van der Waals surface area (Å²) in [6, 6.07) is -1.41. The first-order valence-corrected chi connectivity index (χ1v) is 9.65. The third-order valence-electron chi connectivity index (χ3n) is 4.28. The number of hydrogen-bond donors (Lipinski definition) is 1. The van der Waals surface area contributed by atoms with E-state index in [0.717, 1.165) is 4.90 Å². The summed E-state index contributed by atoms with van der Waals surface area (Å²) in [4.78, 5) is 23.1. The lowest BCUT2D eigenvalue weighted by Crippen LogP contribution is -2.54. The molecule has 30 heavy (non-hydrogen) atoms. The number of carbonyl (C=O) groups is 1.